The second kappa shape index (κ2) is 15.2. The maximum absolute atomic E-state index is 13.8. The molecular formula is C34H38FN5O5S. The third kappa shape index (κ3) is 7.80. The van der Waals surface area contributed by atoms with Crippen molar-refractivity contribution in [3.63, 3.8) is 0 Å². The zero-order chi connectivity index (χ0) is 32.6. The maximum atomic E-state index is 13.8. The second-order valence-corrected chi connectivity index (χ2v) is 11.4. The molecule has 2 saturated heterocycles. The van der Waals surface area contributed by atoms with Crippen molar-refractivity contribution in [1.29, 1.82) is 0 Å². The van der Waals surface area contributed by atoms with E-state index in [1.165, 1.54) is 17.0 Å². The second-order valence-electron chi connectivity index (χ2n) is 11.1. The number of ether oxygens (including phenoxy) is 2. The molecule has 0 unspecified atom stereocenters. The van der Waals surface area contributed by atoms with Gasteiger partial charge in [-0.3, -0.25) is 19.4 Å². The molecule has 12 heteroatoms. The van der Waals surface area contributed by atoms with Crippen LogP contribution in [0.15, 0.2) is 72.8 Å². The minimum Gasteiger partial charge on any atom is -0.497 e. The lowest BCUT2D eigenvalue weighted by Gasteiger charge is -2.36. The topological polar surface area (TPSA) is 94.7 Å². The maximum Gasteiger partial charge on any atom is 0.338 e. The number of halogens is 1. The summed E-state index contributed by atoms with van der Waals surface area (Å²) in [5.41, 5.74) is 2.49. The van der Waals surface area contributed by atoms with Crippen molar-refractivity contribution in [3.8, 4) is 5.75 Å². The molecule has 2 heterocycles. The van der Waals surface area contributed by atoms with Crippen LogP contribution in [0.5, 0.6) is 5.75 Å². The summed E-state index contributed by atoms with van der Waals surface area (Å²) in [7, 11) is 1.57. The van der Waals surface area contributed by atoms with Gasteiger partial charge >= 0.3 is 5.97 Å². The van der Waals surface area contributed by atoms with Crippen LogP contribution in [0.2, 0.25) is 0 Å². The fraction of sp³-hybridized carbons (Fsp3) is 0.353. The fourth-order valence-electron chi connectivity index (χ4n) is 5.69. The SMILES string of the molecule is CCOC(=O)c1ccc(N2C(=O)[C@@H](CC(=O)Nc3ccc(OC)cc3)N(CCCN3CCN(c4ccc(F)cc4)CC3)C2=S)cc1. The quantitative estimate of drug-likeness (QED) is 0.225. The van der Waals surface area contributed by atoms with Crippen LogP contribution in [0, 0.1) is 5.82 Å². The van der Waals surface area contributed by atoms with Crippen LogP contribution in [0.4, 0.5) is 21.5 Å². The number of thiocarbonyl (C=S) groups is 1. The van der Waals surface area contributed by atoms with Crippen molar-refractivity contribution in [2.75, 3.05) is 68.1 Å². The van der Waals surface area contributed by atoms with Gasteiger partial charge in [-0.05, 0) is 105 Å². The molecule has 2 aliphatic rings. The molecule has 0 saturated carbocycles. The minimum atomic E-state index is -0.786. The standard InChI is InChI=1S/C34H38FN5O5S/c1-3-45-33(43)24-5-11-28(12-6-24)40-32(42)30(23-31(41)36-26-9-15-29(44-2)16-10-26)39(34(40)46)18-4-17-37-19-21-38(22-20-37)27-13-7-25(35)8-14-27/h5-16,30H,3-4,17-23H2,1-2H3,(H,36,41)/t30-/m1/s1. The third-order valence-corrected chi connectivity index (χ3v) is 8.56. The Balaban J connectivity index is 1.24. The van der Waals surface area contributed by atoms with Gasteiger partial charge in [0.15, 0.2) is 5.11 Å². The number of piperazine rings is 1. The molecule has 0 bridgehead atoms. The van der Waals surface area contributed by atoms with Crippen molar-refractivity contribution >= 4 is 52.2 Å². The zero-order valence-corrected chi connectivity index (χ0v) is 26.8. The lowest BCUT2D eigenvalue weighted by atomic mass is 10.1. The van der Waals surface area contributed by atoms with Gasteiger partial charge in [0.25, 0.3) is 5.91 Å². The number of nitrogens with zero attached hydrogens (tertiary/aromatic N) is 4. The Morgan fingerprint density at radius 1 is 0.913 bits per heavy atom. The molecule has 1 N–H and O–H groups in total. The van der Waals surface area contributed by atoms with Crippen LogP contribution in [-0.4, -0.2) is 91.7 Å². The molecule has 2 amide bonds. The van der Waals surface area contributed by atoms with E-state index in [1.54, 1.807) is 74.7 Å². The number of nitrogens with one attached hydrogen (secondary N) is 1. The minimum absolute atomic E-state index is 0.0846. The van der Waals surface area contributed by atoms with E-state index in [0.29, 0.717) is 34.3 Å². The van der Waals surface area contributed by atoms with Crippen molar-refractivity contribution in [3.05, 3.63) is 84.2 Å². The lowest BCUT2D eigenvalue weighted by Crippen LogP contribution is -2.47. The number of esters is 1. The first-order valence-corrected chi connectivity index (χ1v) is 15.8. The molecule has 46 heavy (non-hydrogen) atoms. The average Bonchev–Trinajstić information content (AvgIpc) is 3.29. The molecule has 0 aromatic heterocycles. The molecule has 3 aromatic carbocycles. The Kier molecular flexibility index (Phi) is 10.8. The van der Waals surface area contributed by atoms with Gasteiger partial charge in [-0.1, -0.05) is 0 Å². The van der Waals surface area contributed by atoms with E-state index in [-0.39, 0.29) is 30.7 Å². The van der Waals surface area contributed by atoms with Gasteiger partial charge in [0.05, 0.1) is 31.4 Å². The van der Waals surface area contributed by atoms with Crippen LogP contribution in [0.3, 0.4) is 0 Å². The summed E-state index contributed by atoms with van der Waals surface area (Å²) >= 11 is 5.83. The summed E-state index contributed by atoms with van der Waals surface area (Å²) in [4.78, 5) is 47.0. The van der Waals surface area contributed by atoms with Crippen LogP contribution in [-0.2, 0) is 14.3 Å². The van der Waals surface area contributed by atoms with Crippen LogP contribution < -0.4 is 19.9 Å². The highest BCUT2D eigenvalue weighted by atomic mass is 32.1. The highest BCUT2D eigenvalue weighted by Crippen LogP contribution is 2.28. The number of amides is 2. The number of methoxy groups -OCH3 is 1. The first-order chi connectivity index (χ1) is 22.3. The molecular weight excluding hydrogens is 609 g/mol. The molecule has 0 aliphatic carbocycles. The number of carbonyl (C=O) groups is 3. The molecule has 0 radical (unpaired) electrons. The van der Waals surface area contributed by atoms with E-state index in [2.05, 4.69) is 15.1 Å². The van der Waals surface area contributed by atoms with Gasteiger partial charge < -0.3 is 24.6 Å². The van der Waals surface area contributed by atoms with E-state index >= 15 is 0 Å². The Morgan fingerprint density at radius 3 is 2.20 bits per heavy atom. The van der Waals surface area contributed by atoms with E-state index < -0.39 is 12.0 Å². The van der Waals surface area contributed by atoms with Gasteiger partial charge in [-0.25, -0.2) is 9.18 Å². The van der Waals surface area contributed by atoms with Crippen LogP contribution in [0.25, 0.3) is 0 Å². The van der Waals surface area contributed by atoms with Gasteiger partial charge in [0.2, 0.25) is 5.91 Å². The highest BCUT2D eigenvalue weighted by Gasteiger charge is 2.44. The number of rotatable bonds is 12. The fourth-order valence-corrected chi connectivity index (χ4v) is 6.11. The molecule has 1 atom stereocenters. The van der Waals surface area contributed by atoms with Gasteiger partial charge in [-0.2, -0.15) is 0 Å². The molecule has 2 aliphatic heterocycles. The summed E-state index contributed by atoms with van der Waals surface area (Å²) in [6.07, 6.45) is 0.648. The van der Waals surface area contributed by atoms with Crippen LogP contribution >= 0.6 is 12.2 Å². The van der Waals surface area contributed by atoms with Crippen LogP contribution in [0.1, 0.15) is 30.1 Å². The Labute approximate surface area is 273 Å². The van der Waals surface area contributed by atoms with E-state index in [0.717, 1.165) is 44.8 Å². The van der Waals surface area contributed by atoms with E-state index in [4.69, 9.17) is 21.7 Å². The lowest BCUT2D eigenvalue weighted by molar-refractivity contribution is -0.124. The van der Waals surface area contributed by atoms with Gasteiger partial charge in [0, 0.05) is 44.1 Å². The predicted octanol–water partition coefficient (Wildman–Crippen LogP) is 4.55. The zero-order valence-electron chi connectivity index (χ0n) is 26.0. The summed E-state index contributed by atoms with van der Waals surface area (Å²) in [6.45, 7) is 6.65. The Morgan fingerprint density at radius 2 is 1.57 bits per heavy atom. The predicted molar refractivity (Wildman–Crippen MR) is 179 cm³/mol. The largest absolute Gasteiger partial charge is 0.497 e. The third-order valence-electron chi connectivity index (χ3n) is 8.15. The molecule has 5 rings (SSSR count). The molecule has 3 aromatic rings. The summed E-state index contributed by atoms with van der Waals surface area (Å²) in [6, 6.07) is 19.3. The van der Waals surface area contributed by atoms with Gasteiger partial charge in [-0.15, -0.1) is 0 Å². The molecule has 10 nitrogen and oxygen atoms in total. The monoisotopic (exact) mass is 647 g/mol. The summed E-state index contributed by atoms with van der Waals surface area (Å²) in [5, 5.41) is 3.19. The molecule has 2 fully saturated rings. The number of hydrogen-bond donors (Lipinski definition) is 1. The summed E-state index contributed by atoms with van der Waals surface area (Å²) < 4.78 is 23.6. The van der Waals surface area contributed by atoms with Gasteiger partial charge in [0.1, 0.15) is 17.6 Å². The average molecular weight is 648 g/mol. The molecule has 242 valence electrons. The molecule has 0 spiro atoms. The number of anilines is 3. The van der Waals surface area contributed by atoms with E-state index in [9.17, 15) is 18.8 Å². The van der Waals surface area contributed by atoms with Crippen molar-refractivity contribution < 1.29 is 28.2 Å². The van der Waals surface area contributed by atoms with Crippen molar-refractivity contribution in [2.45, 2.75) is 25.8 Å². The first kappa shape index (κ1) is 32.8. The van der Waals surface area contributed by atoms with Crippen molar-refractivity contribution in [2.24, 2.45) is 0 Å². The van der Waals surface area contributed by atoms with E-state index in [1.807, 2.05) is 4.90 Å². The first-order valence-electron chi connectivity index (χ1n) is 15.4. The summed E-state index contributed by atoms with van der Waals surface area (Å²) in [5.74, 6) is -0.636. The normalized spacial score (nSPS) is 16.9. The highest BCUT2D eigenvalue weighted by molar-refractivity contribution is 7.80. The Bertz CT molecular complexity index is 1530. The Hall–Kier alpha value is -4.55. The number of benzene rings is 3. The number of carbonyl (C=O) groups excluding carboxylic acids is 3. The number of hydrogen-bond acceptors (Lipinski definition) is 8. The van der Waals surface area contributed by atoms with Crippen molar-refractivity contribution in [1.82, 2.24) is 9.80 Å². The smallest absolute Gasteiger partial charge is 0.338 e.